The smallest absolute Gasteiger partial charge is 0.162 e. The molecule has 5 nitrogen and oxygen atoms in total. The molecule has 2 rings (SSSR count). The molecule has 1 aromatic heterocycles. The fourth-order valence-electron chi connectivity index (χ4n) is 1.92. The van der Waals surface area contributed by atoms with Gasteiger partial charge in [-0.25, -0.2) is 0 Å². The zero-order chi connectivity index (χ0) is 14.4. The Morgan fingerprint density at radius 3 is 2.85 bits per heavy atom. The molecule has 0 saturated heterocycles. The number of nitrogens with zero attached hydrogens (tertiary/aromatic N) is 1. The lowest BCUT2D eigenvalue weighted by Gasteiger charge is -2.14. The maximum atomic E-state index is 6.08. The molecule has 0 aliphatic heterocycles. The molecule has 2 N–H and O–H groups in total. The van der Waals surface area contributed by atoms with Crippen molar-refractivity contribution in [3.63, 3.8) is 0 Å². The molecule has 20 heavy (non-hydrogen) atoms. The topological polar surface area (TPSA) is 70.5 Å². The molecule has 0 spiro atoms. The van der Waals surface area contributed by atoms with Crippen molar-refractivity contribution in [3.05, 3.63) is 47.3 Å². The Morgan fingerprint density at radius 2 is 2.10 bits per heavy atom. The summed E-state index contributed by atoms with van der Waals surface area (Å²) in [6, 6.07) is 9.60. The second kappa shape index (κ2) is 7.07. The molecule has 0 bridgehead atoms. The minimum atomic E-state index is -0.0208. The molecule has 0 aliphatic carbocycles. The predicted molar refractivity (Wildman–Crippen MR) is 75.2 cm³/mol. The highest BCUT2D eigenvalue weighted by Gasteiger charge is 2.11. The molecule has 0 unspecified atom stereocenters. The first-order valence-corrected chi connectivity index (χ1v) is 6.65. The third kappa shape index (κ3) is 3.59. The molecule has 2 aromatic rings. The molecule has 1 heterocycles. The summed E-state index contributed by atoms with van der Waals surface area (Å²) in [6.07, 6.45) is 0.863. The van der Waals surface area contributed by atoms with Gasteiger partial charge < -0.3 is 19.7 Å². The van der Waals surface area contributed by atoms with Crippen LogP contribution in [0.3, 0.4) is 0 Å². The fourth-order valence-corrected chi connectivity index (χ4v) is 1.92. The van der Waals surface area contributed by atoms with Crippen molar-refractivity contribution in [2.45, 2.75) is 32.6 Å². The molecule has 0 radical (unpaired) electrons. The number of para-hydroxylation sites is 1. The number of aromatic nitrogens is 1. The van der Waals surface area contributed by atoms with E-state index in [0.29, 0.717) is 19.0 Å². The largest absolute Gasteiger partial charge is 0.487 e. The maximum Gasteiger partial charge on any atom is 0.162 e. The summed E-state index contributed by atoms with van der Waals surface area (Å²) < 4.78 is 15.9. The van der Waals surface area contributed by atoms with Gasteiger partial charge in [-0.05, 0) is 12.5 Å². The second-order valence-corrected chi connectivity index (χ2v) is 4.56. The van der Waals surface area contributed by atoms with E-state index in [0.717, 1.165) is 23.4 Å². The first-order chi connectivity index (χ1) is 9.74. The SMILES string of the molecule is CC[C@H](N)c1ccccc1OCc1cc(COC)on1. The van der Waals surface area contributed by atoms with Crippen LogP contribution in [0.2, 0.25) is 0 Å². The van der Waals surface area contributed by atoms with Gasteiger partial charge in [0.05, 0.1) is 0 Å². The molecular formula is C15H20N2O3. The number of benzene rings is 1. The molecule has 5 heteroatoms. The summed E-state index contributed by atoms with van der Waals surface area (Å²) in [6.45, 7) is 2.81. The zero-order valence-electron chi connectivity index (χ0n) is 11.8. The average molecular weight is 276 g/mol. The second-order valence-electron chi connectivity index (χ2n) is 4.56. The highest BCUT2D eigenvalue weighted by atomic mass is 16.5. The average Bonchev–Trinajstić information content (AvgIpc) is 2.93. The van der Waals surface area contributed by atoms with Crippen molar-refractivity contribution < 1.29 is 14.0 Å². The number of rotatable bonds is 7. The standard InChI is InChI=1S/C15H20N2O3/c1-3-14(16)13-6-4-5-7-15(13)19-9-11-8-12(10-18-2)20-17-11/h4-8,14H,3,9-10,16H2,1-2H3/t14-/m0/s1. The summed E-state index contributed by atoms with van der Waals surface area (Å²) in [5, 5.41) is 3.93. The zero-order valence-corrected chi connectivity index (χ0v) is 11.8. The van der Waals surface area contributed by atoms with Gasteiger partial charge in [0.15, 0.2) is 5.76 Å². The van der Waals surface area contributed by atoms with Crippen molar-refractivity contribution >= 4 is 0 Å². The molecule has 0 saturated carbocycles. The minimum absolute atomic E-state index is 0.0208. The van der Waals surface area contributed by atoms with Crippen molar-refractivity contribution in [2.75, 3.05) is 7.11 Å². The predicted octanol–water partition coefficient (Wildman–Crippen LogP) is 2.81. The molecule has 0 aliphatic rings. The van der Waals surface area contributed by atoms with Crippen LogP contribution in [-0.4, -0.2) is 12.3 Å². The third-order valence-corrected chi connectivity index (χ3v) is 3.03. The quantitative estimate of drug-likeness (QED) is 0.842. The normalized spacial score (nSPS) is 12.3. The highest BCUT2D eigenvalue weighted by molar-refractivity contribution is 5.35. The van der Waals surface area contributed by atoms with Crippen LogP contribution in [0.5, 0.6) is 5.75 Å². The van der Waals surface area contributed by atoms with Crippen molar-refractivity contribution in [1.29, 1.82) is 0 Å². The van der Waals surface area contributed by atoms with Crippen LogP contribution in [0.25, 0.3) is 0 Å². The van der Waals surface area contributed by atoms with Crippen molar-refractivity contribution in [1.82, 2.24) is 5.16 Å². The van der Waals surface area contributed by atoms with Gasteiger partial charge in [-0.15, -0.1) is 0 Å². The van der Waals surface area contributed by atoms with Crippen molar-refractivity contribution in [3.8, 4) is 5.75 Å². The number of ether oxygens (including phenoxy) is 2. The highest BCUT2D eigenvalue weighted by Crippen LogP contribution is 2.26. The van der Waals surface area contributed by atoms with E-state index in [1.54, 1.807) is 7.11 Å². The molecule has 108 valence electrons. The van der Waals surface area contributed by atoms with Gasteiger partial charge in [-0.1, -0.05) is 30.3 Å². The maximum absolute atomic E-state index is 6.08. The minimum Gasteiger partial charge on any atom is -0.487 e. The van der Waals surface area contributed by atoms with E-state index in [1.165, 1.54) is 0 Å². The van der Waals surface area contributed by atoms with Gasteiger partial charge in [-0.2, -0.15) is 0 Å². The Morgan fingerprint density at radius 1 is 1.30 bits per heavy atom. The number of hydrogen-bond donors (Lipinski definition) is 1. The lowest BCUT2D eigenvalue weighted by molar-refractivity contribution is 0.155. The summed E-state index contributed by atoms with van der Waals surface area (Å²) >= 11 is 0. The summed E-state index contributed by atoms with van der Waals surface area (Å²) in [5.74, 6) is 1.47. The Bertz CT molecular complexity index is 539. The molecule has 0 amide bonds. The van der Waals surface area contributed by atoms with Crippen LogP contribution in [0.1, 0.15) is 36.4 Å². The van der Waals surface area contributed by atoms with E-state index in [2.05, 4.69) is 12.1 Å². The van der Waals surface area contributed by atoms with E-state index in [9.17, 15) is 0 Å². The summed E-state index contributed by atoms with van der Waals surface area (Å²) in [4.78, 5) is 0. The van der Waals surface area contributed by atoms with E-state index >= 15 is 0 Å². The summed E-state index contributed by atoms with van der Waals surface area (Å²) in [7, 11) is 1.61. The van der Waals surface area contributed by atoms with E-state index < -0.39 is 0 Å². The lowest BCUT2D eigenvalue weighted by Crippen LogP contribution is -2.10. The van der Waals surface area contributed by atoms with Crippen LogP contribution in [0.15, 0.2) is 34.9 Å². The Hall–Kier alpha value is -1.85. The number of hydrogen-bond acceptors (Lipinski definition) is 5. The number of nitrogens with two attached hydrogens (primary N) is 1. The molecule has 1 aromatic carbocycles. The van der Waals surface area contributed by atoms with Crippen LogP contribution in [-0.2, 0) is 18.0 Å². The first kappa shape index (κ1) is 14.6. The monoisotopic (exact) mass is 276 g/mol. The summed E-state index contributed by atoms with van der Waals surface area (Å²) in [5.41, 5.74) is 7.82. The van der Waals surface area contributed by atoms with E-state index in [1.807, 2.05) is 30.3 Å². The van der Waals surface area contributed by atoms with Gasteiger partial charge in [-0.3, -0.25) is 0 Å². The van der Waals surface area contributed by atoms with Crippen LogP contribution < -0.4 is 10.5 Å². The van der Waals surface area contributed by atoms with Gasteiger partial charge in [0.1, 0.15) is 24.7 Å². The van der Waals surface area contributed by atoms with E-state index in [-0.39, 0.29) is 6.04 Å². The lowest BCUT2D eigenvalue weighted by atomic mass is 10.0. The third-order valence-electron chi connectivity index (χ3n) is 3.03. The van der Waals surface area contributed by atoms with Gasteiger partial charge in [0, 0.05) is 24.8 Å². The van der Waals surface area contributed by atoms with Crippen LogP contribution in [0.4, 0.5) is 0 Å². The van der Waals surface area contributed by atoms with Gasteiger partial charge in [0.25, 0.3) is 0 Å². The first-order valence-electron chi connectivity index (χ1n) is 6.65. The molecular weight excluding hydrogens is 256 g/mol. The number of methoxy groups -OCH3 is 1. The van der Waals surface area contributed by atoms with E-state index in [4.69, 9.17) is 19.7 Å². The Balaban J connectivity index is 2.02. The molecule has 0 fully saturated rings. The van der Waals surface area contributed by atoms with Crippen molar-refractivity contribution in [2.24, 2.45) is 5.73 Å². The fraction of sp³-hybridized carbons (Fsp3) is 0.400. The Kier molecular flexibility index (Phi) is 5.15. The molecule has 1 atom stereocenters. The van der Waals surface area contributed by atoms with Crippen LogP contribution in [0, 0.1) is 0 Å². The van der Waals surface area contributed by atoms with Gasteiger partial charge in [0.2, 0.25) is 0 Å². The Labute approximate surface area is 118 Å². The van der Waals surface area contributed by atoms with Gasteiger partial charge >= 0.3 is 0 Å². The van der Waals surface area contributed by atoms with Crippen LogP contribution >= 0.6 is 0 Å².